The minimum Gasteiger partial charge on any atom is -0.497 e. The molecule has 1 heterocycles. The lowest BCUT2D eigenvalue weighted by molar-refractivity contribution is 0.0736. The largest absolute Gasteiger partial charge is 0.497 e. The first-order valence-electron chi connectivity index (χ1n) is 8.88. The molecule has 6 heteroatoms. The molecule has 0 saturated carbocycles. The van der Waals surface area contributed by atoms with Crippen LogP contribution in [0.25, 0.3) is 10.8 Å². The van der Waals surface area contributed by atoms with Gasteiger partial charge in [0.2, 0.25) is 0 Å². The molecule has 0 radical (unpaired) electrons. The molecule has 3 aromatic rings. The van der Waals surface area contributed by atoms with E-state index in [2.05, 4.69) is 5.10 Å². The number of benzene rings is 2. The number of amides is 1. The molecular weight excluding hydrogens is 342 g/mol. The predicted octanol–water partition coefficient (Wildman–Crippen LogP) is 3.26. The van der Waals surface area contributed by atoms with Gasteiger partial charge in [0.1, 0.15) is 5.75 Å². The van der Waals surface area contributed by atoms with Crippen LogP contribution in [0.5, 0.6) is 5.75 Å². The van der Waals surface area contributed by atoms with Gasteiger partial charge in [-0.3, -0.25) is 9.59 Å². The maximum atomic E-state index is 13.2. The van der Waals surface area contributed by atoms with Gasteiger partial charge in [0.15, 0.2) is 5.69 Å². The van der Waals surface area contributed by atoms with Gasteiger partial charge in [-0.25, -0.2) is 4.68 Å². The van der Waals surface area contributed by atoms with Gasteiger partial charge in [0.05, 0.1) is 18.5 Å². The van der Waals surface area contributed by atoms with Gasteiger partial charge < -0.3 is 9.64 Å². The Morgan fingerprint density at radius 3 is 2.37 bits per heavy atom. The molecule has 0 aliphatic rings. The second-order valence-electron chi connectivity index (χ2n) is 6.38. The molecule has 1 aromatic heterocycles. The second kappa shape index (κ2) is 7.61. The summed E-state index contributed by atoms with van der Waals surface area (Å²) in [5.74, 6) is 0.541. The molecule has 0 spiro atoms. The van der Waals surface area contributed by atoms with Crippen molar-refractivity contribution in [2.75, 3.05) is 14.2 Å². The summed E-state index contributed by atoms with van der Waals surface area (Å²) in [7, 11) is 3.36. The van der Waals surface area contributed by atoms with Crippen molar-refractivity contribution in [3.8, 4) is 5.75 Å². The fourth-order valence-corrected chi connectivity index (χ4v) is 3.06. The number of aromatic nitrogens is 2. The summed E-state index contributed by atoms with van der Waals surface area (Å²) in [4.78, 5) is 27.3. The van der Waals surface area contributed by atoms with E-state index >= 15 is 0 Å². The highest BCUT2D eigenvalue weighted by Gasteiger charge is 2.23. The first-order chi connectivity index (χ1) is 13.0. The first kappa shape index (κ1) is 18.6. The van der Waals surface area contributed by atoms with E-state index in [9.17, 15) is 9.59 Å². The van der Waals surface area contributed by atoms with Gasteiger partial charge in [-0.1, -0.05) is 30.3 Å². The maximum Gasteiger partial charge on any atom is 0.275 e. The third kappa shape index (κ3) is 3.43. The number of hydrogen-bond acceptors (Lipinski definition) is 4. The van der Waals surface area contributed by atoms with E-state index in [0.29, 0.717) is 17.3 Å². The summed E-state index contributed by atoms with van der Waals surface area (Å²) < 4.78 is 6.52. The van der Waals surface area contributed by atoms with Gasteiger partial charge in [-0.05, 0) is 37.6 Å². The van der Waals surface area contributed by atoms with Crippen LogP contribution in [-0.2, 0) is 6.54 Å². The van der Waals surface area contributed by atoms with E-state index in [-0.39, 0.29) is 23.2 Å². The Kier molecular flexibility index (Phi) is 5.26. The van der Waals surface area contributed by atoms with Crippen LogP contribution in [0.4, 0.5) is 0 Å². The highest BCUT2D eigenvalue weighted by atomic mass is 16.5. The molecule has 27 heavy (non-hydrogen) atoms. The van der Waals surface area contributed by atoms with Crippen molar-refractivity contribution in [3.63, 3.8) is 0 Å². The maximum absolute atomic E-state index is 13.2. The molecule has 6 nitrogen and oxygen atoms in total. The number of fused-ring (bicyclic) bond motifs is 1. The van der Waals surface area contributed by atoms with E-state index in [1.165, 1.54) is 4.68 Å². The number of nitrogens with zero attached hydrogens (tertiary/aromatic N) is 3. The Labute approximate surface area is 158 Å². The topological polar surface area (TPSA) is 64.4 Å². The monoisotopic (exact) mass is 365 g/mol. The highest BCUT2D eigenvalue weighted by Crippen LogP contribution is 2.24. The molecule has 140 valence electrons. The second-order valence-corrected chi connectivity index (χ2v) is 6.38. The molecule has 0 saturated heterocycles. The fraction of sp³-hybridized carbons (Fsp3) is 0.286. The number of hydrogen-bond donors (Lipinski definition) is 0. The molecule has 0 fully saturated rings. The minimum absolute atomic E-state index is 0.161. The van der Waals surface area contributed by atoms with Crippen molar-refractivity contribution in [3.05, 3.63) is 70.1 Å². The normalized spacial score (nSPS) is 12.0. The lowest BCUT2D eigenvalue weighted by atomic mass is 10.1. The molecule has 0 aliphatic heterocycles. The molecule has 1 amide bonds. The summed E-state index contributed by atoms with van der Waals surface area (Å²) in [5.41, 5.74) is 1.09. The zero-order valence-corrected chi connectivity index (χ0v) is 16.0. The number of aryl methyl sites for hydroxylation is 1. The quantitative estimate of drug-likeness (QED) is 0.696. The van der Waals surface area contributed by atoms with Crippen LogP contribution < -0.4 is 10.3 Å². The van der Waals surface area contributed by atoms with Gasteiger partial charge >= 0.3 is 0 Å². The Morgan fingerprint density at radius 1 is 1.15 bits per heavy atom. The first-order valence-corrected chi connectivity index (χ1v) is 8.88. The molecular formula is C21H23N3O3. The molecule has 2 aromatic carbocycles. The fourth-order valence-electron chi connectivity index (χ4n) is 3.06. The third-order valence-corrected chi connectivity index (χ3v) is 4.87. The van der Waals surface area contributed by atoms with Crippen LogP contribution in [0.15, 0.2) is 53.3 Å². The molecule has 0 bridgehead atoms. The third-order valence-electron chi connectivity index (χ3n) is 4.87. The Balaban J connectivity index is 2.01. The van der Waals surface area contributed by atoms with Crippen molar-refractivity contribution >= 4 is 16.7 Å². The summed E-state index contributed by atoms with van der Waals surface area (Å²) in [6, 6.07) is 14.6. The Bertz CT molecular complexity index is 1030. The van der Waals surface area contributed by atoms with Gasteiger partial charge in [0.25, 0.3) is 11.5 Å². The summed E-state index contributed by atoms with van der Waals surface area (Å²) in [6.07, 6.45) is 0. The lowest BCUT2D eigenvalue weighted by Crippen LogP contribution is -2.33. The number of rotatable bonds is 5. The Hall–Kier alpha value is -3.15. The van der Waals surface area contributed by atoms with Crippen LogP contribution in [-0.4, -0.2) is 34.7 Å². The van der Waals surface area contributed by atoms with E-state index < -0.39 is 0 Å². The molecule has 1 atom stereocenters. The van der Waals surface area contributed by atoms with E-state index in [4.69, 9.17) is 4.74 Å². The van der Waals surface area contributed by atoms with Crippen LogP contribution >= 0.6 is 0 Å². The highest BCUT2D eigenvalue weighted by molar-refractivity contribution is 6.04. The van der Waals surface area contributed by atoms with Crippen molar-refractivity contribution in [2.24, 2.45) is 0 Å². The van der Waals surface area contributed by atoms with Crippen molar-refractivity contribution in [1.82, 2.24) is 14.7 Å². The van der Waals surface area contributed by atoms with Crippen molar-refractivity contribution in [2.45, 2.75) is 26.4 Å². The van der Waals surface area contributed by atoms with Gasteiger partial charge in [0, 0.05) is 19.0 Å². The van der Waals surface area contributed by atoms with Crippen molar-refractivity contribution < 1.29 is 9.53 Å². The predicted molar refractivity (Wildman–Crippen MR) is 105 cm³/mol. The molecule has 0 aliphatic carbocycles. The van der Waals surface area contributed by atoms with Gasteiger partial charge in [-0.15, -0.1) is 0 Å². The number of ether oxygens (including phenoxy) is 1. The number of carbonyl (C=O) groups is 1. The molecule has 3 rings (SSSR count). The van der Waals surface area contributed by atoms with Crippen LogP contribution in [0.1, 0.15) is 35.9 Å². The number of carbonyl (C=O) groups excluding carboxylic acids is 1. The van der Waals surface area contributed by atoms with E-state index in [0.717, 1.165) is 11.3 Å². The van der Waals surface area contributed by atoms with Gasteiger partial charge in [-0.2, -0.15) is 5.10 Å². The zero-order chi connectivity index (χ0) is 19.6. The van der Waals surface area contributed by atoms with Crippen molar-refractivity contribution in [1.29, 1.82) is 0 Å². The van der Waals surface area contributed by atoms with Crippen LogP contribution in [0.3, 0.4) is 0 Å². The average Bonchev–Trinajstić information content (AvgIpc) is 2.72. The Morgan fingerprint density at radius 2 is 1.78 bits per heavy atom. The van der Waals surface area contributed by atoms with E-state index in [1.807, 2.05) is 44.2 Å². The summed E-state index contributed by atoms with van der Waals surface area (Å²) in [6.45, 7) is 4.20. The number of methoxy groups -OCH3 is 1. The van der Waals surface area contributed by atoms with Crippen LogP contribution in [0.2, 0.25) is 0 Å². The SMILES string of the molecule is CCn1nc(C(=O)N(C)C(C)c2ccc(OC)cc2)c2ccccc2c1=O. The minimum atomic E-state index is -0.225. The van der Waals surface area contributed by atoms with E-state index in [1.54, 1.807) is 37.3 Å². The lowest BCUT2D eigenvalue weighted by Gasteiger charge is -2.25. The zero-order valence-electron chi connectivity index (χ0n) is 16.0. The molecule has 0 N–H and O–H groups in total. The summed E-state index contributed by atoms with van der Waals surface area (Å²) >= 11 is 0. The average molecular weight is 365 g/mol. The standard InChI is InChI=1S/C21H23N3O3/c1-5-24-20(25)18-9-7-6-8-17(18)19(22-24)21(26)23(3)14(2)15-10-12-16(27-4)13-11-15/h6-14H,5H2,1-4H3. The molecule has 1 unspecified atom stereocenters. The van der Waals surface area contributed by atoms with Crippen LogP contribution in [0, 0.1) is 0 Å². The smallest absolute Gasteiger partial charge is 0.275 e. The summed E-state index contributed by atoms with van der Waals surface area (Å²) in [5, 5.41) is 5.41.